The number of aromatic nitrogens is 1. The van der Waals surface area contributed by atoms with E-state index in [4.69, 9.17) is 0 Å². The van der Waals surface area contributed by atoms with Crippen molar-refractivity contribution in [2.24, 2.45) is 0 Å². The van der Waals surface area contributed by atoms with Crippen LogP contribution in [0.25, 0.3) is 5.52 Å². The Bertz CT molecular complexity index is 759. The fourth-order valence-corrected chi connectivity index (χ4v) is 2.57. The van der Waals surface area contributed by atoms with Crippen LogP contribution in [0.2, 0.25) is 0 Å². The summed E-state index contributed by atoms with van der Waals surface area (Å²) in [5, 5.41) is 9.25. The zero-order chi connectivity index (χ0) is 13.7. The van der Waals surface area contributed by atoms with Crippen molar-refractivity contribution in [2.45, 2.75) is 25.7 Å². The van der Waals surface area contributed by atoms with Gasteiger partial charge in [0, 0.05) is 12.3 Å². The lowest BCUT2D eigenvalue weighted by atomic mass is 10.00. The normalized spacial score (nSPS) is 14.8. The van der Waals surface area contributed by atoms with Crippen LogP contribution in [-0.4, -0.2) is 15.5 Å². The van der Waals surface area contributed by atoms with Crippen molar-refractivity contribution in [3.8, 4) is 0 Å². The van der Waals surface area contributed by atoms with Gasteiger partial charge in [-0.05, 0) is 42.9 Å². The van der Waals surface area contributed by atoms with Crippen molar-refractivity contribution in [1.29, 1.82) is 0 Å². The molecule has 0 saturated heterocycles. The molecule has 1 saturated carbocycles. The van der Waals surface area contributed by atoms with Crippen LogP contribution in [0.5, 0.6) is 0 Å². The number of hydrogen-bond donors (Lipinski definition) is 1. The first-order valence-electron chi connectivity index (χ1n) is 6.07. The number of aromatic carboxylic acids is 1. The number of rotatable bonds is 2. The zero-order valence-corrected chi connectivity index (χ0v) is 10.3. The predicted molar refractivity (Wildman–Crippen MR) is 67.3 cm³/mol. The number of fused-ring (bicyclic) bond motifs is 1. The largest absolute Gasteiger partial charge is 0.478 e. The molecule has 4 nitrogen and oxygen atoms in total. The quantitative estimate of drug-likeness (QED) is 0.902. The zero-order valence-electron chi connectivity index (χ0n) is 10.3. The van der Waals surface area contributed by atoms with Crippen molar-refractivity contribution in [3.05, 3.63) is 51.2 Å². The van der Waals surface area contributed by atoms with Gasteiger partial charge in [0.2, 0.25) is 0 Å². The van der Waals surface area contributed by atoms with E-state index in [0.717, 1.165) is 25.1 Å². The third-order valence-corrected chi connectivity index (χ3v) is 3.49. The Morgan fingerprint density at radius 2 is 2.11 bits per heavy atom. The average Bonchev–Trinajstić information content (AvgIpc) is 3.13. The van der Waals surface area contributed by atoms with Crippen molar-refractivity contribution in [3.63, 3.8) is 0 Å². The number of halogens is 1. The number of pyridine rings is 2. The van der Waals surface area contributed by atoms with Gasteiger partial charge in [-0.1, -0.05) is 0 Å². The van der Waals surface area contributed by atoms with E-state index in [1.54, 1.807) is 6.92 Å². The number of nitrogens with zero attached hydrogens (tertiary/aromatic N) is 1. The summed E-state index contributed by atoms with van der Waals surface area (Å²) in [6, 6.07) is 2.41. The Kier molecular flexibility index (Phi) is 2.45. The standard InChI is InChI=1S/C14H12FNO3/c1-7-4-9(15)6-16-11(17)5-10(14(18)19)12(13(7)16)8-2-3-8/h4-6,8H,2-3H2,1H3,(H,18,19). The van der Waals surface area contributed by atoms with Crippen LogP contribution in [0, 0.1) is 12.7 Å². The molecule has 0 unspecified atom stereocenters. The van der Waals surface area contributed by atoms with E-state index in [9.17, 15) is 19.1 Å². The molecular weight excluding hydrogens is 249 g/mol. The summed E-state index contributed by atoms with van der Waals surface area (Å²) in [6.07, 6.45) is 2.93. The highest BCUT2D eigenvalue weighted by atomic mass is 19.1. The van der Waals surface area contributed by atoms with Gasteiger partial charge >= 0.3 is 5.97 Å². The second kappa shape index (κ2) is 3.91. The first kappa shape index (κ1) is 11.9. The third kappa shape index (κ3) is 1.82. The summed E-state index contributed by atoms with van der Waals surface area (Å²) in [5.74, 6) is -1.45. The van der Waals surface area contributed by atoms with Gasteiger partial charge in [0.1, 0.15) is 5.82 Å². The maximum atomic E-state index is 13.4. The monoisotopic (exact) mass is 261 g/mol. The summed E-state index contributed by atoms with van der Waals surface area (Å²) in [7, 11) is 0. The fourth-order valence-electron chi connectivity index (χ4n) is 2.57. The molecule has 0 atom stereocenters. The topological polar surface area (TPSA) is 58.8 Å². The van der Waals surface area contributed by atoms with Gasteiger partial charge in [0.25, 0.3) is 5.56 Å². The Morgan fingerprint density at radius 3 is 2.68 bits per heavy atom. The molecule has 19 heavy (non-hydrogen) atoms. The molecular formula is C14H12FNO3. The molecule has 2 aromatic heterocycles. The van der Waals surface area contributed by atoms with Gasteiger partial charge in [-0.2, -0.15) is 0 Å². The summed E-state index contributed by atoms with van der Waals surface area (Å²) in [4.78, 5) is 23.2. The van der Waals surface area contributed by atoms with Crippen molar-refractivity contribution in [1.82, 2.24) is 4.40 Å². The van der Waals surface area contributed by atoms with Crippen LogP contribution in [0.4, 0.5) is 4.39 Å². The molecule has 0 spiro atoms. The van der Waals surface area contributed by atoms with Crippen LogP contribution in [-0.2, 0) is 0 Å². The van der Waals surface area contributed by atoms with Gasteiger partial charge < -0.3 is 5.11 Å². The molecule has 0 bridgehead atoms. The molecule has 1 aliphatic carbocycles. The molecule has 98 valence electrons. The molecule has 1 aliphatic rings. The van der Waals surface area contributed by atoms with Crippen LogP contribution in [0.3, 0.4) is 0 Å². The minimum atomic E-state index is -1.11. The second-order valence-corrected chi connectivity index (χ2v) is 4.95. The highest BCUT2D eigenvalue weighted by molar-refractivity contribution is 5.92. The molecule has 1 fully saturated rings. The highest BCUT2D eigenvalue weighted by Gasteiger charge is 2.31. The summed E-state index contributed by atoms with van der Waals surface area (Å²) >= 11 is 0. The maximum absolute atomic E-state index is 13.4. The van der Waals surface area contributed by atoms with E-state index in [2.05, 4.69) is 0 Å². The number of carboxylic acid groups (broad SMARTS) is 1. The van der Waals surface area contributed by atoms with Crippen LogP contribution in [0.15, 0.2) is 23.1 Å². The molecule has 3 rings (SSSR count). The number of hydrogen-bond acceptors (Lipinski definition) is 2. The molecule has 1 N–H and O–H groups in total. The van der Waals surface area contributed by atoms with E-state index in [1.165, 1.54) is 10.5 Å². The minimum Gasteiger partial charge on any atom is -0.478 e. The van der Waals surface area contributed by atoms with Crippen LogP contribution < -0.4 is 5.56 Å². The average molecular weight is 261 g/mol. The van der Waals surface area contributed by atoms with Crippen molar-refractivity contribution >= 4 is 11.5 Å². The maximum Gasteiger partial charge on any atom is 0.336 e. The lowest BCUT2D eigenvalue weighted by Crippen LogP contribution is -2.19. The number of carboxylic acids is 1. The predicted octanol–water partition coefficient (Wildman–Crippen LogP) is 2.32. The first-order chi connectivity index (χ1) is 8.99. The minimum absolute atomic E-state index is 0.0437. The van der Waals surface area contributed by atoms with Crippen LogP contribution in [0.1, 0.15) is 40.2 Å². The van der Waals surface area contributed by atoms with Crippen molar-refractivity contribution < 1.29 is 14.3 Å². The molecule has 5 heteroatoms. The smallest absolute Gasteiger partial charge is 0.336 e. The number of aryl methyl sites for hydroxylation is 1. The SMILES string of the molecule is Cc1cc(F)cn2c(=O)cc(C(=O)O)c(C3CC3)c12. The summed E-state index contributed by atoms with van der Waals surface area (Å²) in [5.41, 5.74) is 1.31. The van der Waals surface area contributed by atoms with Gasteiger partial charge in [0.15, 0.2) is 0 Å². The van der Waals surface area contributed by atoms with E-state index in [0.29, 0.717) is 16.6 Å². The molecule has 2 heterocycles. The summed E-state index contributed by atoms with van der Waals surface area (Å²) < 4.78 is 14.6. The third-order valence-electron chi connectivity index (χ3n) is 3.49. The fraction of sp³-hybridized carbons (Fsp3) is 0.286. The highest BCUT2D eigenvalue weighted by Crippen LogP contribution is 2.44. The van der Waals surface area contributed by atoms with E-state index in [-0.39, 0.29) is 11.5 Å². The molecule has 2 aromatic rings. The van der Waals surface area contributed by atoms with Gasteiger partial charge in [0.05, 0.1) is 11.1 Å². The number of carbonyl (C=O) groups is 1. The Morgan fingerprint density at radius 1 is 1.42 bits per heavy atom. The molecule has 0 aromatic carbocycles. The Labute approximate surface area is 108 Å². The lowest BCUT2D eigenvalue weighted by molar-refractivity contribution is 0.0695. The van der Waals surface area contributed by atoms with Gasteiger partial charge in [-0.25, -0.2) is 9.18 Å². The Hall–Kier alpha value is -2.17. The first-order valence-corrected chi connectivity index (χ1v) is 6.07. The van der Waals surface area contributed by atoms with E-state index >= 15 is 0 Å². The second-order valence-electron chi connectivity index (χ2n) is 4.95. The van der Waals surface area contributed by atoms with E-state index in [1.807, 2.05) is 0 Å². The summed E-state index contributed by atoms with van der Waals surface area (Å²) in [6.45, 7) is 1.69. The van der Waals surface area contributed by atoms with E-state index < -0.39 is 17.3 Å². The van der Waals surface area contributed by atoms with Gasteiger partial charge in [-0.15, -0.1) is 0 Å². The van der Waals surface area contributed by atoms with Crippen molar-refractivity contribution in [2.75, 3.05) is 0 Å². The Balaban J connectivity index is 2.51. The lowest BCUT2D eigenvalue weighted by Gasteiger charge is -2.12. The van der Waals surface area contributed by atoms with Crippen LogP contribution >= 0.6 is 0 Å². The molecule has 0 amide bonds. The molecule has 0 aliphatic heterocycles. The van der Waals surface area contributed by atoms with Gasteiger partial charge in [-0.3, -0.25) is 9.20 Å². The molecule has 0 radical (unpaired) electrons.